The van der Waals surface area contributed by atoms with Crippen LogP contribution < -0.4 is 0 Å². The maximum atomic E-state index is 10.1. The van der Waals surface area contributed by atoms with E-state index >= 15 is 0 Å². The Morgan fingerprint density at radius 2 is 1.70 bits per heavy atom. The zero-order valence-corrected chi connectivity index (χ0v) is 14.2. The monoisotopic (exact) mass is 308 g/mol. The highest BCUT2D eigenvalue weighted by atomic mass is 16.3. The summed E-state index contributed by atoms with van der Waals surface area (Å²) in [6.45, 7) is 9.14. The van der Waals surface area contributed by atoms with Crippen LogP contribution in [0.5, 0.6) is 0 Å². The normalized spacial score (nSPS) is 13.4. The molecule has 0 aliphatic carbocycles. The summed E-state index contributed by atoms with van der Waals surface area (Å²) in [5, 5.41) is 10.1. The largest absolute Gasteiger partial charge is 0.385 e. The number of hydrogen-bond donors (Lipinski definition) is 1. The number of aromatic nitrogens is 2. The van der Waals surface area contributed by atoms with Crippen molar-refractivity contribution < 1.29 is 5.11 Å². The maximum absolute atomic E-state index is 10.1. The lowest BCUT2D eigenvalue weighted by Gasteiger charge is -2.19. The fourth-order valence-corrected chi connectivity index (χ4v) is 2.87. The van der Waals surface area contributed by atoms with E-state index in [1.807, 2.05) is 18.2 Å². The van der Waals surface area contributed by atoms with E-state index in [9.17, 15) is 5.11 Å². The van der Waals surface area contributed by atoms with Gasteiger partial charge in [0.15, 0.2) is 0 Å². The van der Waals surface area contributed by atoms with E-state index in [0.717, 1.165) is 11.0 Å². The molecule has 0 unspecified atom stereocenters. The molecule has 0 fully saturated rings. The number of nitrogens with zero attached hydrogens (tertiary/aromatic N) is 2. The molecule has 0 bridgehead atoms. The first kappa shape index (κ1) is 15.8. The summed E-state index contributed by atoms with van der Waals surface area (Å²) < 4.78 is 2.10. The van der Waals surface area contributed by atoms with Crippen LogP contribution >= 0.6 is 0 Å². The minimum atomic E-state index is -0.587. The molecule has 23 heavy (non-hydrogen) atoms. The minimum absolute atomic E-state index is 0.158. The van der Waals surface area contributed by atoms with Crippen molar-refractivity contribution in [3.8, 4) is 0 Å². The third-order valence-electron chi connectivity index (χ3n) is 4.22. The molecule has 3 nitrogen and oxygen atoms in total. The molecule has 0 amide bonds. The van der Waals surface area contributed by atoms with Crippen LogP contribution in [0.15, 0.2) is 48.5 Å². The topological polar surface area (TPSA) is 38.1 Å². The molecule has 0 aliphatic heterocycles. The highest BCUT2D eigenvalue weighted by Crippen LogP contribution is 2.25. The Labute approximate surface area is 137 Å². The van der Waals surface area contributed by atoms with Gasteiger partial charge >= 0.3 is 0 Å². The first-order chi connectivity index (χ1) is 10.9. The molecule has 0 saturated heterocycles. The molecule has 3 rings (SSSR count). The van der Waals surface area contributed by atoms with Crippen LogP contribution in [-0.2, 0) is 12.0 Å². The fourth-order valence-electron chi connectivity index (χ4n) is 2.87. The standard InChI is InChI=1S/C20H24N2O/c1-14(23)19-21-17-7-5-6-8-18(17)22(19)13-15-9-11-16(12-10-15)20(2,3)4/h5-12,14,23H,13H2,1-4H3/t14-/m0/s1. The second kappa shape index (κ2) is 5.82. The molecule has 120 valence electrons. The van der Waals surface area contributed by atoms with Crippen LogP contribution in [0.1, 0.15) is 50.8 Å². The van der Waals surface area contributed by atoms with Crippen molar-refractivity contribution in [3.63, 3.8) is 0 Å². The molecule has 1 N–H and O–H groups in total. The molecule has 3 heteroatoms. The second-order valence-corrected chi connectivity index (χ2v) is 7.17. The van der Waals surface area contributed by atoms with Crippen LogP contribution in [0.2, 0.25) is 0 Å². The van der Waals surface area contributed by atoms with Gasteiger partial charge in [0.25, 0.3) is 0 Å². The highest BCUT2D eigenvalue weighted by Gasteiger charge is 2.16. The Morgan fingerprint density at radius 3 is 2.30 bits per heavy atom. The molecular formula is C20H24N2O. The summed E-state index contributed by atoms with van der Waals surface area (Å²) in [6, 6.07) is 16.7. The summed E-state index contributed by atoms with van der Waals surface area (Å²) >= 11 is 0. The van der Waals surface area contributed by atoms with Crippen LogP contribution in [-0.4, -0.2) is 14.7 Å². The molecule has 1 atom stereocenters. The molecule has 2 aromatic carbocycles. The summed E-state index contributed by atoms with van der Waals surface area (Å²) in [5.41, 5.74) is 4.68. The Hall–Kier alpha value is -2.13. The molecule has 0 radical (unpaired) electrons. The van der Waals surface area contributed by atoms with Gasteiger partial charge in [0.1, 0.15) is 11.9 Å². The quantitative estimate of drug-likeness (QED) is 0.777. The van der Waals surface area contributed by atoms with Crippen LogP contribution in [0.4, 0.5) is 0 Å². The van der Waals surface area contributed by atoms with E-state index in [0.29, 0.717) is 12.4 Å². The molecular weight excluding hydrogens is 284 g/mol. The van der Waals surface area contributed by atoms with E-state index in [2.05, 4.69) is 60.7 Å². The lowest BCUT2D eigenvalue weighted by molar-refractivity contribution is 0.185. The predicted molar refractivity (Wildman–Crippen MR) is 94.6 cm³/mol. The van der Waals surface area contributed by atoms with Gasteiger partial charge in [-0.15, -0.1) is 0 Å². The van der Waals surface area contributed by atoms with Crippen LogP contribution in [0, 0.1) is 0 Å². The molecule has 0 spiro atoms. The number of fused-ring (bicyclic) bond motifs is 1. The Kier molecular flexibility index (Phi) is 3.99. The summed E-state index contributed by atoms with van der Waals surface area (Å²) in [4.78, 5) is 4.58. The lowest BCUT2D eigenvalue weighted by atomic mass is 9.87. The van der Waals surface area contributed by atoms with Gasteiger partial charge in [-0.3, -0.25) is 0 Å². The Bertz CT molecular complexity index is 808. The average molecular weight is 308 g/mol. The number of aliphatic hydroxyl groups excluding tert-OH is 1. The third-order valence-corrected chi connectivity index (χ3v) is 4.22. The molecule has 0 aliphatic rings. The fraction of sp³-hybridized carbons (Fsp3) is 0.350. The van der Waals surface area contributed by atoms with Crippen LogP contribution in [0.3, 0.4) is 0 Å². The van der Waals surface area contributed by atoms with Gasteiger partial charge in [0.05, 0.1) is 11.0 Å². The van der Waals surface area contributed by atoms with Crippen LogP contribution in [0.25, 0.3) is 11.0 Å². The van der Waals surface area contributed by atoms with Gasteiger partial charge in [-0.25, -0.2) is 4.98 Å². The second-order valence-electron chi connectivity index (χ2n) is 7.17. The van der Waals surface area contributed by atoms with Crippen molar-refractivity contribution >= 4 is 11.0 Å². The number of aliphatic hydroxyl groups is 1. The van der Waals surface area contributed by atoms with Gasteiger partial charge in [-0.1, -0.05) is 57.2 Å². The highest BCUT2D eigenvalue weighted by molar-refractivity contribution is 5.76. The van der Waals surface area contributed by atoms with Crippen molar-refractivity contribution in [3.05, 3.63) is 65.5 Å². The predicted octanol–water partition coefficient (Wildman–Crippen LogP) is 4.44. The number of rotatable bonds is 3. The number of hydrogen-bond acceptors (Lipinski definition) is 2. The Balaban J connectivity index is 1.99. The van der Waals surface area contributed by atoms with Gasteiger partial charge < -0.3 is 9.67 Å². The van der Waals surface area contributed by atoms with Crippen molar-refractivity contribution in [2.24, 2.45) is 0 Å². The smallest absolute Gasteiger partial charge is 0.138 e. The maximum Gasteiger partial charge on any atom is 0.138 e. The van der Waals surface area contributed by atoms with Crippen molar-refractivity contribution in [2.45, 2.75) is 45.8 Å². The zero-order chi connectivity index (χ0) is 16.6. The Morgan fingerprint density at radius 1 is 1.04 bits per heavy atom. The summed E-state index contributed by atoms with van der Waals surface area (Å²) in [7, 11) is 0. The molecule has 3 aromatic rings. The first-order valence-corrected chi connectivity index (χ1v) is 8.09. The summed E-state index contributed by atoms with van der Waals surface area (Å²) in [5.74, 6) is 0.714. The number of imidazole rings is 1. The van der Waals surface area contributed by atoms with Crippen molar-refractivity contribution in [2.75, 3.05) is 0 Å². The van der Waals surface area contributed by atoms with E-state index in [4.69, 9.17) is 0 Å². The van der Waals surface area contributed by atoms with Gasteiger partial charge in [-0.05, 0) is 35.6 Å². The number of para-hydroxylation sites is 2. The van der Waals surface area contributed by atoms with Gasteiger partial charge in [0, 0.05) is 6.54 Å². The number of benzene rings is 2. The molecule has 1 aromatic heterocycles. The third kappa shape index (κ3) is 3.15. The van der Waals surface area contributed by atoms with Gasteiger partial charge in [0.2, 0.25) is 0 Å². The summed E-state index contributed by atoms with van der Waals surface area (Å²) in [6.07, 6.45) is -0.587. The lowest BCUT2D eigenvalue weighted by Crippen LogP contribution is -2.11. The SMILES string of the molecule is C[C@H](O)c1nc2ccccc2n1Cc1ccc(C(C)(C)C)cc1. The van der Waals surface area contributed by atoms with E-state index in [1.165, 1.54) is 11.1 Å². The van der Waals surface area contributed by atoms with Crippen molar-refractivity contribution in [1.29, 1.82) is 0 Å². The minimum Gasteiger partial charge on any atom is -0.385 e. The van der Waals surface area contributed by atoms with Gasteiger partial charge in [-0.2, -0.15) is 0 Å². The van der Waals surface area contributed by atoms with Crippen molar-refractivity contribution in [1.82, 2.24) is 9.55 Å². The zero-order valence-electron chi connectivity index (χ0n) is 14.2. The molecule has 1 heterocycles. The first-order valence-electron chi connectivity index (χ1n) is 8.09. The molecule has 0 saturated carbocycles. The van der Waals surface area contributed by atoms with E-state index < -0.39 is 6.10 Å². The van der Waals surface area contributed by atoms with E-state index in [1.54, 1.807) is 6.92 Å². The van der Waals surface area contributed by atoms with E-state index in [-0.39, 0.29) is 5.41 Å². The average Bonchev–Trinajstić information content (AvgIpc) is 2.86.